The van der Waals surface area contributed by atoms with Gasteiger partial charge in [0, 0.05) is 16.9 Å². The third kappa shape index (κ3) is 3.52. The zero-order valence-corrected chi connectivity index (χ0v) is 10.5. The minimum absolute atomic E-state index is 0.667. The van der Waals surface area contributed by atoms with Crippen molar-refractivity contribution in [2.45, 2.75) is 0 Å². The van der Waals surface area contributed by atoms with Crippen LogP contribution < -0.4 is 5.32 Å². The van der Waals surface area contributed by atoms with Crippen LogP contribution in [0.1, 0.15) is 5.56 Å². The van der Waals surface area contributed by atoms with E-state index in [1.54, 1.807) is 6.20 Å². The van der Waals surface area contributed by atoms with Gasteiger partial charge in [0.05, 0.1) is 5.03 Å². The molecule has 86 valence electrons. The Morgan fingerprint density at radius 1 is 0.941 bits per heavy atom. The molecule has 0 fully saturated rings. The van der Waals surface area contributed by atoms with E-state index in [0.29, 0.717) is 10.1 Å². The predicted octanol–water partition coefficient (Wildman–Crippen LogP) is 4.99. The lowest BCUT2D eigenvalue weighted by Gasteiger charge is -2.03. The maximum absolute atomic E-state index is 6.16. The minimum atomic E-state index is 0.667. The molecule has 0 aliphatic carbocycles. The fourth-order valence-corrected chi connectivity index (χ4v) is 1.68. The summed E-state index contributed by atoms with van der Waals surface area (Å²) in [6, 6.07) is 17.2. The van der Waals surface area contributed by atoms with Crippen LogP contribution >= 0.6 is 23.2 Å². The topological polar surface area (TPSA) is 12.0 Å². The van der Waals surface area contributed by atoms with Crippen LogP contribution in [-0.4, -0.2) is 0 Å². The van der Waals surface area contributed by atoms with Gasteiger partial charge >= 0.3 is 0 Å². The Balaban J connectivity index is 2.08. The molecular weight excluding hydrogens is 253 g/mol. The Morgan fingerprint density at radius 3 is 2.24 bits per heavy atom. The van der Waals surface area contributed by atoms with Gasteiger partial charge in [-0.25, -0.2) is 0 Å². The summed E-state index contributed by atoms with van der Waals surface area (Å²) >= 11 is 12.0. The largest absolute Gasteiger partial charge is 0.360 e. The summed E-state index contributed by atoms with van der Waals surface area (Å²) in [4.78, 5) is 0. The van der Waals surface area contributed by atoms with Crippen molar-refractivity contribution < 1.29 is 0 Å². The second-order valence-corrected chi connectivity index (χ2v) is 4.35. The van der Waals surface area contributed by atoms with Crippen molar-refractivity contribution in [2.75, 3.05) is 5.32 Å². The molecule has 0 saturated heterocycles. The summed E-state index contributed by atoms with van der Waals surface area (Å²) in [5.41, 5.74) is 1.93. The van der Waals surface area contributed by atoms with Crippen molar-refractivity contribution in [3.05, 3.63) is 71.4 Å². The molecule has 1 nitrogen and oxygen atoms in total. The van der Waals surface area contributed by atoms with Gasteiger partial charge in [-0.3, -0.25) is 0 Å². The summed E-state index contributed by atoms with van der Waals surface area (Å²) in [6.45, 7) is 0. The molecule has 0 amide bonds. The van der Waals surface area contributed by atoms with E-state index in [4.69, 9.17) is 23.2 Å². The van der Waals surface area contributed by atoms with E-state index in [1.807, 2.05) is 54.6 Å². The Labute approximate surface area is 111 Å². The van der Waals surface area contributed by atoms with E-state index >= 15 is 0 Å². The Hall–Kier alpha value is -1.44. The maximum Gasteiger partial charge on any atom is 0.0638 e. The van der Waals surface area contributed by atoms with Crippen LogP contribution in [0.2, 0.25) is 5.02 Å². The van der Waals surface area contributed by atoms with Crippen LogP contribution in [0.15, 0.2) is 60.8 Å². The highest BCUT2D eigenvalue weighted by atomic mass is 35.5. The summed E-state index contributed by atoms with van der Waals surface area (Å²) < 4.78 is 0. The first-order valence-electron chi connectivity index (χ1n) is 5.19. The highest BCUT2D eigenvalue weighted by molar-refractivity contribution is 6.48. The molecule has 3 heteroatoms. The first kappa shape index (κ1) is 12.0. The second kappa shape index (κ2) is 5.76. The SMILES string of the molecule is Cl/C(=C\Nc1ccc(Cl)cc1)c1ccccc1. The van der Waals surface area contributed by atoms with Crippen molar-refractivity contribution in [3.63, 3.8) is 0 Å². The quantitative estimate of drug-likeness (QED) is 0.823. The average Bonchev–Trinajstić information content (AvgIpc) is 2.39. The van der Waals surface area contributed by atoms with Crippen LogP contribution in [0, 0.1) is 0 Å². The van der Waals surface area contributed by atoms with Gasteiger partial charge in [0.15, 0.2) is 0 Å². The smallest absolute Gasteiger partial charge is 0.0638 e. The van der Waals surface area contributed by atoms with Crippen LogP contribution in [0.3, 0.4) is 0 Å². The Bertz CT molecular complexity index is 504. The van der Waals surface area contributed by atoms with Gasteiger partial charge in [-0.2, -0.15) is 0 Å². The Kier molecular flexibility index (Phi) is 4.08. The monoisotopic (exact) mass is 263 g/mol. The molecule has 17 heavy (non-hydrogen) atoms. The van der Waals surface area contributed by atoms with E-state index in [-0.39, 0.29) is 0 Å². The third-order valence-electron chi connectivity index (χ3n) is 2.26. The Morgan fingerprint density at radius 2 is 1.59 bits per heavy atom. The number of benzene rings is 2. The van der Waals surface area contributed by atoms with E-state index in [1.165, 1.54) is 0 Å². The summed E-state index contributed by atoms with van der Waals surface area (Å²) in [6.07, 6.45) is 1.76. The molecule has 0 atom stereocenters. The molecule has 2 aromatic rings. The number of hydrogen-bond donors (Lipinski definition) is 1. The van der Waals surface area contributed by atoms with Gasteiger partial charge in [-0.1, -0.05) is 53.5 Å². The standard InChI is InChI=1S/C14H11Cl2N/c15-12-6-8-13(9-7-12)17-10-14(16)11-4-2-1-3-5-11/h1-10,17H/b14-10-. The molecule has 0 aromatic heterocycles. The maximum atomic E-state index is 6.16. The highest BCUT2D eigenvalue weighted by Crippen LogP contribution is 2.19. The lowest BCUT2D eigenvalue weighted by Crippen LogP contribution is -1.88. The van der Waals surface area contributed by atoms with Gasteiger partial charge in [0.1, 0.15) is 0 Å². The number of rotatable bonds is 3. The molecule has 0 heterocycles. The van der Waals surface area contributed by atoms with Crippen molar-refractivity contribution >= 4 is 33.9 Å². The lowest BCUT2D eigenvalue weighted by molar-refractivity contribution is 1.57. The van der Waals surface area contributed by atoms with Gasteiger partial charge in [0.2, 0.25) is 0 Å². The van der Waals surface area contributed by atoms with E-state index < -0.39 is 0 Å². The normalized spacial score (nSPS) is 11.3. The van der Waals surface area contributed by atoms with Crippen molar-refractivity contribution in [3.8, 4) is 0 Å². The second-order valence-electron chi connectivity index (χ2n) is 3.51. The zero-order chi connectivity index (χ0) is 12.1. The molecule has 0 saturated carbocycles. The van der Waals surface area contributed by atoms with E-state index in [0.717, 1.165) is 11.3 Å². The van der Waals surface area contributed by atoms with Crippen molar-refractivity contribution in [1.29, 1.82) is 0 Å². The molecule has 0 bridgehead atoms. The van der Waals surface area contributed by atoms with E-state index in [2.05, 4.69) is 5.32 Å². The summed E-state index contributed by atoms with van der Waals surface area (Å²) in [5, 5.41) is 4.50. The van der Waals surface area contributed by atoms with Crippen LogP contribution in [0.4, 0.5) is 5.69 Å². The van der Waals surface area contributed by atoms with Gasteiger partial charge in [-0.05, 0) is 29.8 Å². The van der Waals surface area contributed by atoms with Crippen LogP contribution in [0.5, 0.6) is 0 Å². The summed E-state index contributed by atoms with van der Waals surface area (Å²) in [5.74, 6) is 0. The molecule has 1 N–H and O–H groups in total. The van der Waals surface area contributed by atoms with Crippen molar-refractivity contribution in [2.24, 2.45) is 0 Å². The third-order valence-corrected chi connectivity index (χ3v) is 2.84. The molecule has 2 rings (SSSR count). The molecule has 0 aliphatic rings. The number of nitrogens with one attached hydrogen (secondary N) is 1. The lowest BCUT2D eigenvalue weighted by atomic mass is 10.2. The van der Waals surface area contributed by atoms with Gasteiger partial charge in [0.25, 0.3) is 0 Å². The molecule has 2 aromatic carbocycles. The molecular formula is C14H11Cl2N. The van der Waals surface area contributed by atoms with Crippen molar-refractivity contribution in [1.82, 2.24) is 0 Å². The van der Waals surface area contributed by atoms with Gasteiger partial charge in [-0.15, -0.1) is 0 Å². The van der Waals surface area contributed by atoms with Gasteiger partial charge < -0.3 is 5.32 Å². The molecule has 0 spiro atoms. The summed E-state index contributed by atoms with van der Waals surface area (Å²) in [7, 11) is 0. The number of hydrogen-bond acceptors (Lipinski definition) is 1. The highest BCUT2D eigenvalue weighted by Gasteiger charge is 1.96. The average molecular weight is 264 g/mol. The van der Waals surface area contributed by atoms with Crippen LogP contribution in [-0.2, 0) is 0 Å². The molecule has 0 unspecified atom stereocenters. The zero-order valence-electron chi connectivity index (χ0n) is 9.03. The molecule has 0 aliphatic heterocycles. The van der Waals surface area contributed by atoms with E-state index in [9.17, 15) is 0 Å². The fourth-order valence-electron chi connectivity index (χ4n) is 1.37. The predicted molar refractivity (Wildman–Crippen MR) is 75.3 cm³/mol. The fraction of sp³-hybridized carbons (Fsp3) is 0. The first-order valence-corrected chi connectivity index (χ1v) is 5.94. The minimum Gasteiger partial charge on any atom is -0.360 e. The number of halogens is 2. The molecule has 0 radical (unpaired) electrons. The number of anilines is 1. The first-order chi connectivity index (χ1) is 8.25. The van der Waals surface area contributed by atoms with Crippen LogP contribution in [0.25, 0.3) is 5.03 Å².